The zero-order chi connectivity index (χ0) is 24.8. The van der Waals surface area contributed by atoms with E-state index in [1.165, 1.54) is 0 Å². The first kappa shape index (κ1) is 24.0. The monoisotopic (exact) mass is 498 g/mol. The number of halogens is 1. The molecule has 3 saturated heterocycles. The molecule has 3 amide bonds. The summed E-state index contributed by atoms with van der Waals surface area (Å²) in [7, 11) is 0. The van der Waals surface area contributed by atoms with Gasteiger partial charge in [-0.1, -0.05) is 12.1 Å². The molecule has 5 aliphatic rings. The Labute approximate surface area is 210 Å². The molecule has 4 fully saturated rings. The van der Waals surface area contributed by atoms with Gasteiger partial charge in [0.15, 0.2) is 0 Å². The van der Waals surface area contributed by atoms with Crippen LogP contribution in [0.25, 0.3) is 0 Å². The van der Waals surface area contributed by atoms with Gasteiger partial charge < -0.3 is 15.0 Å². The number of hydrogen-bond donors (Lipinski definition) is 2. The van der Waals surface area contributed by atoms with E-state index in [1.807, 2.05) is 12.1 Å². The third-order valence-electron chi connectivity index (χ3n) is 8.81. The highest BCUT2D eigenvalue weighted by Crippen LogP contribution is 2.38. The van der Waals surface area contributed by atoms with Crippen LogP contribution in [0.3, 0.4) is 0 Å². The van der Waals surface area contributed by atoms with Crippen molar-refractivity contribution in [2.75, 3.05) is 26.2 Å². The number of hydrogen-bond acceptors (Lipinski definition) is 6. The summed E-state index contributed by atoms with van der Waals surface area (Å²) < 4.78 is 21.7. The molecule has 1 saturated carbocycles. The molecule has 2 N–H and O–H groups in total. The van der Waals surface area contributed by atoms with E-state index in [0.717, 1.165) is 62.9 Å². The summed E-state index contributed by atoms with van der Waals surface area (Å²) >= 11 is 0. The fourth-order valence-electron chi connectivity index (χ4n) is 6.61. The zero-order valence-electron chi connectivity index (χ0n) is 20.6. The van der Waals surface area contributed by atoms with Crippen LogP contribution in [-0.2, 0) is 20.9 Å². The maximum Gasteiger partial charge on any atom is 0.255 e. The minimum absolute atomic E-state index is 0.187. The van der Waals surface area contributed by atoms with Crippen LogP contribution >= 0.6 is 0 Å². The lowest BCUT2D eigenvalue weighted by molar-refractivity contribution is -0.136. The SMILES string of the molecule is O=C1CCC(N2Cc3cc(C4CCN(C5CC(OC6CCNCC6)C5)CC4F)ccc3C2=O)C(=O)N1. The number of nitrogens with zero attached hydrogens (tertiary/aromatic N) is 2. The minimum atomic E-state index is -0.954. The number of carbonyl (C=O) groups excluding carboxylic acids is 3. The van der Waals surface area contributed by atoms with E-state index in [2.05, 4.69) is 15.5 Å². The number of nitrogens with one attached hydrogen (secondary N) is 2. The number of fused-ring (bicyclic) bond motifs is 1. The molecule has 6 rings (SSSR count). The number of piperidine rings is 3. The van der Waals surface area contributed by atoms with Crippen LogP contribution in [0.2, 0.25) is 0 Å². The molecule has 0 aromatic heterocycles. The molecule has 194 valence electrons. The second-order valence-electron chi connectivity index (χ2n) is 11.1. The first-order chi connectivity index (χ1) is 17.5. The van der Waals surface area contributed by atoms with Gasteiger partial charge in [0.1, 0.15) is 12.2 Å². The molecule has 0 bridgehead atoms. The molecule has 8 nitrogen and oxygen atoms in total. The summed E-state index contributed by atoms with van der Waals surface area (Å²) in [4.78, 5) is 40.6. The smallest absolute Gasteiger partial charge is 0.255 e. The van der Waals surface area contributed by atoms with Gasteiger partial charge in [0.25, 0.3) is 5.91 Å². The van der Waals surface area contributed by atoms with E-state index < -0.39 is 18.1 Å². The Kier molecular flexibility index (Phi) is 6.56. The number of carbonyl (C=O) groups is 3. The van der Waals surface area contributed by atoms with Gasteiger partial charge >= 0.3 is 0 Å². The first-order valence-electron chi connectivity index (χ1n) is 13.5. The van der Waals surface area contributed by atoms with Gasteiger partial charge in [-0.15, -0.1) is 0 Å². The molecular weight excluding hydrogens is 463 g/mol. The number of ether oxygens (including phenoxy) is 1. The lowest BCUT2D eigenvalue weighted by Gasteiger charge is -2.47. The summed E-state index contributed by atoms with van der Waals surface area (Å²) in [6.07, 6.45) is 5.21. The van der Waals surface area contributed by atoms with Crippen molar-refractivity contribution in [2.45, 2.75) is 87.9 Å². The van der Waals surface area contributed by atoms with Crippen LogP contribution in [0.5, 0.6) is 0 Å². The number of amides is 3. The van der Waals surface area contributed by atoms with Crippen molar-refractivity contribution in [1.82, 2.24) is 20.4 Å². The number of alkyl halides is 1. The fraction of sp³-hybridized carbons (Fsp3) is 0.667. The maximum atomic E-state index is 15.4. The van der Waals surface area contributed by atoms with E-state index in [0.29, 0.717) is 43.3 Å². The standard InChI is InChI=1S/C27H35FN4O4/c28-23-15-31(18-12-20(13-18)36-19-5-8-29-9-6-19)10-7-21(23)16-1-2-22-17(11-16)14-32(27(22)35)24-3-4-25(33)30-26(24)34/h1-2,11,18-21,23-24,29H,3-10,12-15H2,(H,30,33,34). The van der Waals surface area contributed by atoms with Gasteiger partial charge in [-0.25, -0.2) is 4.39 Å². The molecule has 0 spiro atoms. The van der Waals surface area contributed by atoms with Gasteiger partial charge in [0, 0.05) is 37.0 Å². The zero-order valence-corrected chi connectivity index (χ0v) is 20.6. The maximum absolute atomic E-state index is 15.4. The van der Waals surface area contributed by atoms with Crippen molar-refractivity contribution < 1.29 is 23.5 Å². The molecule has 3 unspecified atom stereocenters. The van der Waals surface area contributed by atoms with Crippen LogP contribution in [0.1, 0.15) is 72.3 Å². The topological polar surface area (TPSA) is 91.0 Å². The highest BCUT2D eigenvalue weighted by molar-refractivity contribution is 6.05. The van der Waals surface area contributed by atoms with Crippen LogP contribution in [-0.4, -0.2) is 84.2 Å². The average Bonchev–Trinajstić information content (AvgIpc) is 3.17. The normalized spacial score (nSPS) is 33.9. The minimum Gasteiger partial charge on any atom is -0.375 e. The lowest BCUT2D eigenvalue weighted by atomic mass is 9.82. The number of benzene rings is 1. The Balaban J connectivity index is 1.04. The first-order valence-corrected chi connectivity index (χ1v) is 13.5. The average molecular weight is 499 g/mol. The highest BCUT2D eigenvalue weighted by Gasteiger charge is 2.42. The number of likely N-dealkylation sites (tertiary alicyclic amines) is 1. The molecule has 3 atom stereocenters. The molecule has 4 heterocycles. The van der Waals surface area contributed by atoms with Crippen molar-refractivity contribution in [3.63, 3.8) is 0 Å². The van der Waals surface area contributed by atoms with E-state index in [9.17, 15) is 14.4 Å². The summed E-state index contributed by atoms with van der Waals surface area (Å²) in [6, 6.07) is 5.40. The Morgan fingerprint density at radius 1 is 1.00 bits per heavy atom. The second kappa shape index (κ2) is 9.84. The molecule has 0 radical (unpaired) electrons. The van der Waals surface area contributed by atoms with Crippen molar-refractivity contribution in [2.24, 2.45) is 0 Å². The largest absolute Gasteiger partial charge is 0.375 e. The van der Waals surface area contributed by atoms with E-state index in [1.54, 1.807) is 11.0 Å². The van der Waals surface area contributed by atoms with Gasteiger partial charge in [0.05, 0.1) is 12.2 Å². The van der Waals surface area contributed by atoms with Crippen LogP contribution in [0.15, 0.2) is 18.2 Å². The molecule has 1 aromatic rings. The van der Waals surface area contributed by atoms with E-state index >= 15 is 4.39 Å². The predicted molar refractivity (Wildman–Crippen MR) is 130 cm³/mol. The van der Waals surface area contributed by atoms with E-state index in [-0.39, 0.29) is 24.2 Å². The molecule has 4 aliphatic heterocycles. The Bertz CT molecular complexity index is 1040. The Morgan fingerprint density at radius 3 is 2.56 bits per heavy atom. The van der Waals surface area contributed by atoms with Crippen LogP contribution < -0.4 is 10.6 Å². The molecule has 9 heteroatoms. The third-order valence-corrected chi connectivity index (χ3v) is 8.81. The number of imide groups is 1. The number of rotatable bonds is 5. The van der Waals surface area contributed by atoms with Gasteiger partial charge in [-0.2, -0.15) is 0 Å². The van der Waals surface area contributed by atoms with Crippen molar-refractivity contribution >= 4 is 17.7 Å². The van der Waals surface area contributed by atoms with Crippen molar-refractivity contribution in [3.8, 4) is 0 Å². The predicted octanol–water partition coefficient (Wildman–Crippen LogP) is 1.87. The molecule has 1 aliphatic carbocycles. The molecule has 36 heavy (non-hydrogen) atoms. The van der Waals surface area contributed by atoms with Gasteiger partial charge in [0.2, 0.25) is 11.8 Å². The van der Waals surface area contributed by atoms with Crippen LogP contribution in [0, 0.1) is 0 Å². The van der Waals surface area contributed by atoms with Crippen LogP contribution in [0.4, 0.5) is 4.39 Å². The molecule has 1 aromatic carbocycles. The Hall–Kier alpha value is -2.36. The third kappa shape index (κ3) is 4.57. The Morgan fingerprint density at radius 2 is 1.81 bits per heavy atom. The summed E-state index contributed by atoms with van der Waals surface area (Å²) in [6.45, 7) is 3.69. The highest BCUT2D eigenvalue weighted by atomic mass is 19.1. The van der Waals surface area contributed by atoms with Crippen molar-refractivity contribution in [3.05, 3.63) is 34.9 Å². The van der Waals surface area contributed by atoms with Gasteiger partial charge in [-0.05, 0) is 75.4 Å². The van der Waals surface area contributed by atoms with Gasteiger partial charge in [-0.3, -0.25) is 24.6 Å². The fourth-order valence-corrected chi connectivity index (χ4v) is 6.61. The quantitative estimate of drug-likeness (QED) is 0.603. The second-order valence-corrected chi connectivity index (χ2v) is 11.1. The summed E-state index contributed by atoms with van der Waals surface area (Å²) in [5, 5.41) is 5.70. The summed E-state index contributed by atoms with van der Waals surface area (Å²) in [5.74, 6) is -1.09. The lowest BCUT2D eigenvalue weighted by Crippen LogP contribution is -2.54. The van der Waals surface area contributed by atoms with Crippen molar-refractivity contribution in [1.29, 1.82) is 0 Å². The molecular formula is C27H35FN4O4. The van der Waals surface area contributed by atoms with E-state index in [4.69, 9.17) is 4.74 Å². The summed E-state index contributed by atoms with van der Waals surface area (Å²) in [5.41, 5.74) is 2.35.